The molecular weight excluding hydrogens is 875 g/mol. The number of hydrogen-bond donors (Lipinski definition) is 0. The van der Waals surface area contributed by atoms with Crippen molar-refractivity contribution in [1.82, 2.24) is 28.9 Å². The van der Waals surface area contributed by atoms with Crippen molar-refractivity contribution in [3.05, 3.63) is 144 Å². The third kappa shape index (κ3) is 5.90. The average molecular weight is 918 g/mol. The van der Waals surface area contributed by atoms with E-state index in [0.717, 1.165) is 60.9 Å². The van der Waals surface area contributed by atoms with E-state index in [1.807, 2.05) is 35.9 Å². The van der Waals surface area contributed by atoms with Gasteiger partial charge < -0.3 is 13.7 Å². The molecule has 9 aromatic rings. The van der Waals surface area contributed by atoms with Gasteiger partial charge in [-0.25, -0.2) is 4.98 Å². The topological polar surface area (TPSA) is 53.5 Å². The normalized spacial score (nSPS) is 12.2. The van der Waals surface area contributed by atoms with Crippen LogP contribution in [0.2, 0.25) is 0 Å². The molecule has 0 aliphatic carbocycles. The van der Waals surface area contributed by atoms with Gasteiger partial charge in [0.1, 0.15) is 11.6 Å². The van der Waals surface area contributed by atoms with Crippen LogP contribution in [0.3, 0.4) is 0 Å². The number of pyridine rings is 1. The second kappa shape index (κ2) is 14.0. The molecule has 0 unspecified atom stereocenters. The minimum Gasteiger partial charge on any atom is -0.349 e. The first-order valence-electron chi connectivity index (χ1n) is 19.1. The monoisotopic (exact) mass is 917 g/mol. The van der Waals surface area contributed by atoms with Crippen molar-refractivity contribution in [1.29, 1.82) is 0 Å². The average Bonchev–Trinajstić information content (AvgIpc) is 3.82. The number of aromatic nitrogens is 6. The van der Waals surface area contributed by atoms with E-state index in [1.165, 1.54) is 22.8 Å². The van der Waals surface area contributed by atoms with Gasteiger partial charge in [-0.1, -0.05) is 114 Å². The van der Waals surface area contributed by atoms with Gasteiger partial charge in [0.2, 0.25) is 0 Å². The first kappa shape index (κ1) is 37.5. The fourth-order valence-electron chi connectivity index (χ4n) is 8.13. The SMILES string of the molecule is Cc1nnc(-c2[c-]c(-n3c4[c-]c5c(cc4c4ccccc43)c3ccccc3n5-c3cc(C(C)(C)C)ccn3)c(F)cc2)n1-c1c(C(C)C)cccc1C(C)C.[Pt+2]. The smallest absolute Gasteiger partial charge is 0.349 e. The van der Waals surface area contributed by atoms with Crippen LogP contribution in [0.5, 0.6) is 0 Å². The van der Waals surface area contributed by atoms with Crippen LogP contribution in [-0.4, -0.2) is 28.9 Å². The fourth-order valence-corrected chi connectivity index (χ4v) is 8.13. The van der Waals surface area contributed by atoms with Crippen LogP contribution in [0.15, 0.2) is 103 Å². The van der Waals surface area contributed by atoms with E-state index in [1.54, 1.807) is 6.07 Å². The van der Waals surface area contributed by atoms with Crippen LogP contribution in [0.4, 0.5) is 4.39 Å². The Balaban J connectivity index is 0.00000441. The van der Waals surface area contributed by atoms with Crippen molar-refractivity contribution in [3.8, 4) is 28.6 Å². The van der Waals surface area contributed by atoms with Crippen LogP contribution >= 0.6 is 0 Å². The molecule has 4 heterocycles. The van der Waals surface area contributed by atoms with E-state index in [-0.39, 0.29) is 38.3 Å². The molecule has 0 saturated carbocycles. The molecular formula is C48H43FN6Pt. The molecule has 0 aliphatic heterocycles. The summed E-state index contributed by atoms with van der Waals surface area (Å²) in [6.45, 7) is 17.4. The minimum atomic E-state index is -0.395. The van der Waals surface area contributed by atoms with E-state index in [0.29, 0.717) is 17.1 Å². The van der Waals surface area contributed by atoms with Gasteiger partial charge in [0.05, 0.1) is 11.6 Å². The van der Waals surface area contributed by atoms with Gasteiger partial charge in [-0.2, -0.15) is 11.2 Å². The third-order valence-electron chi connectivity index (χ3n) is 10.9. The molecule has 8 heteroatoms. The number of halogens is 1. The molecule has 0 fully saturated rings. The molecule has 0 spiro atoms. The fraction of sp³-hybridized carbons (Fsp3) is 0.229. The molecule has 282 valence electrons. The Labute approximate surface area is 341 Å². The van der Waals surface area contributed by atoms with Crippen molar-refractivity contribution in [2.75, 3.05) is 0 Å². The summed E-state index contributed by atoms with van der Waals surface area (Å²) in [5, 5.41) is 13.4. The molecule has 0 atom stereocenters. The van der Waals surface area contributed by atoms with Crippen LogP contribution in [0.1, 0.15) is 82.8 Å². The molecule has 0 aliphatic rings. The summed E-state index contributed by atoms with van der Waals surface area (Å²) in [6, 6.07) is 40.1. The van der Waals surface area contributed by atoms with Crippen LogP contribution in [0.25, 0.3) is 72.2 Å². The summed E-state index contributed by atoms with van der Waals surface area (Å²) in [6.07, 6.45) is 1.88. The molecule has 9 rings (SSSR count). The van der Waals surface area contributed by atoms with Crippen LogP contribution < -0.4 is 0 Å². The van der Waals surface area contributed by atoms with Gasteiger partial charge in [-0.3, -0.25) is 4.39 Å². The van der Waals surface area contributed by atoms with E-state index in [9.17, 15) is 0 Å². The Hall–Kier alpha value is -5.39. The maximum Gasteiger partial charge on any atom is 2.00 e. The molecule has 0 saturated heterocycles. The molecule has 0 N–H and O–H groups in total. The zero-order chi connectivity index (χ0) is 38.3. The van der Waals surface area contributed by atoms with Gasteiger partial charge in [0, 0.05) is 22.9 Å². The maximum atomic E-state index is 16.5. The summed E-state index contributed by atoms with van der Waals surface area (Å²) < 4.78 is 22.8. The number of para-hydroxylation sites is 3. The van der Waals surface area contributed by atoms with Crippen molar-refractivity contribution in [2.45, 2.75) is 72.6 Å². The molecule has 0 radical (unpaired) electrons. The summed E-state index contributed by atoms with van der Waals surface area (Å²) >= 11 is 0. The van der Waals surface area contributed by atoms with E-state index in [4.69, 9.17) is 10.1 Å². The standard InChI is InChI=1S/C48H43FN6.Pt/c1-28(2)33-16-13-17-34(29(3)4)46(33)53-30(5)51-52-47(53)31-20-21-39(49)44(24-31)54-40-18-11-9-14-35(40)37-26-38-36-15-10-12-19-41(36)55(43(38)27-42(37)54)45-25-32(22-23-50-45)48(6,7)8;/h9-23,25-26,28-29H,1-8H3;/q-2;+2. The summed E-state index contributed by atoms with van der Waals surface area (Å²) in [7, 11) is 0. The van der Waals surface area contributed by atoms with Crippen LogP contribution in [0, 0.1) is 24.9 Å². The van der Waals surface area contributed by atoms with Crippen LogP contribution in [-0.2, 0) is 26.5 Å². The number of aryl methyl sites for hydroxylation is 1. The van der Waals surface area contributed by atoms with Crippen molar-refractivity contribution < 1.29 is 25.5 Å². The van der Waals surface area contributed by atoms with Crippen molar-refractivity contribution in [2.24, 2.45) is 0 Å². The van der Waals surface area contributed by atoms with Gasteiger partial charge in [-0.05, 0) is 81.6 Å². The molecule has 5 aromatic carbocycles. The Kier molecular flexibility index (Phi) is 9.36. The van der Waals surface area contributed by atoms with Gasteiger partial charge in [0.15, 0.2) is 0 Å². The predicted octanol–water partition coefficient (Wildman–Crippen LogP) is 12.1. The quantitative estimate of drug-likeness (QED) is 0.156. The third-order valence-corrected chi connectivity index (χ3v) is 10.9. The number of rotatable bonds is 6. The molecule has 56 heavy (non-hydrogen) atoms. The predicted molar refractivity (Wildman–Crippen MR) is 223 cm³/mol. The zero-order valence-corrected chi connectivity index (χ0v) is 35.1. The summed E-state index contributed by atoms with van der Waals surface area (Å²) in [5.41, 5.74) is 9.08. The first-order chi connectivity index (χ1) is 26.4. The van der Waals surface area contributed by atoms with E-state index in [2.05, 4.69) is 142 Å². The molecule has 0 bridgehead atoms. The number of hydrogen-bond acceptors (Lipinski definition) is 3. The Morgan fingerprint density at radius 3 is 1.88 bits per heavy atom. The second-order valence-electron chi connectivity index (χ2n) is 16.2. The number of benzene rings is 5. The van der Waals surface area contributed by atoms with Gasteiger partial charge in [-0.15, -0.1) is 45.7 Å². The van der Waals surface area contributed by atoms with Gasteiger partial charge >= 0.3 is 21.1 Å². The van der Waals surface area contributed by atoms with E-state index < -0.39 is 5.82 Å². The summed E-state index contributed by atoms with van der Waals surface area (Å²) in [5.74, 6) is 2.33. The largest absolute Gasteiger partial charge is 2.00 e. The Morgan fingerprint density at radius 1 is 0.643 bits per heavy atom. The zero-order valence-electron chi connectivity index (χ0n) is 32.8. The minimum absolute atomic E-state index is 0. The van der Waals surface area contributed by atoms with Crippen molar-refractivity contribution >= 4 is 43.6 Å². The van der Waals surface area contributed by atoms with E-state index >= 15 is 4.39 Å². The van der Waals surface area contributed by atoms with Crippen molar-refractivity contribution in [3.63, 3.8) is 0 Å². The van der Waals surface area contributed by atoms with Gasteiger partial charge in [0.25, 0.3) is 0 Å². The molecule has 4 aromatic heterocycles. The summed E-state index contributed by atoms with van der Waals surface area (Å²) in [4.78, 5) is 4.88. The first-order valence-corrected chi connectivity index (χ1v) is 19.1. The Morgan fingerprint density at radius 2 is 1.25 bits per heavy atom. The molecule has 6 nitrogen and oxygen atoms in total. The number of fused-ring (bicyclic) bond motifs is 6. The second-order valence-corrected chi connectivity index (χ2v) is 16.2. The maximum absolute atomic E-state index is 16.5. The Bertz CT molecular complexity index is 2930. The number of nitrogens with zero attached hydrogens (tertiary/aromatic N) is 6. The molecule has 0 amide bonds.